The molecule has 0 spiro atoms. The minimum absolute atomic E-state index is 1.37. The molecule has 0 aliphatic carbocycles. The second kappa shape index (κ2) is 8.90. The van der Waals surface area contributed by atoms with Crippen LogP contribution < -0.4 is 0 Å². The normalized spacial score (nSPS) is 13.0. The number of benzene rings is 7. The summed E-state index contributed by atoms with van der Waals surface area (Å²) >= 11 is 11.6. The van der Waals surface area contributed by atoms with E-state index >= 15 is 0 Å². The van der Waals surface area contributed by atoms with E-state index in [0.29, 0.717) is 0 Å². The van der Waals surface area contributed by atoms with Crippen LogP contribution in [0, 0.1) is 0 Å². The van der Waals surface area contributed by atoms with Gasteiger partial charge in [-0.25, -0.2) is 0 Å². The highest BCUT2D eigenvalue weighted by Gasteiger charge is 2.28. The van der Waals surface area contributed by atoms with Crippen molar-refractivity contribution < 1.29 is 0 Å². The van der Waals surface area contributed by atoms with Crippen molar-refractivity contribution in [1.29, 1.82) is 0 Å². The van der Waals surface area contributed by atoms with E-state index in [1.54, 1.807) is 0 Å². The first-order valence-corrected chi connectivity index (χ1v) is 21.0. The maximum Gasteiger partial charge on any atom is 0.0540 e. The molecule has 0 aliphatic heterocycles. The number of rotatable bonds is 0. The highest BCUT2D eigenvalue weighted by atomic mass is 32.1. The first-order chi connectivity index (χ1) is 23.8. The van der Waals surface area contributed by atoms with Gasteiger partial charge in [0.15, 0.2) is 0 Å². The van der Waals surface area contributed by atoms with Crippen LogP contribution >= 0.6 is 68.0 Å². The summed E-state index contributed by atoms with van der Waals surface area (Å²) in [7, 11) is 0. The summed E-state index contributed by atoms with van der Waals surface area (Å²) in [5.41, 5.74) is 0. The third-order valence-electron chi connectivity index (χ3n) is 10.5. The Labute approximate surface area is 295 Å². The summed E-state index contributed by atoms with van der Waals surface area (Å²) in [6.07, 6.45) is 0. The summed E-state index contributed by atoms with van der Waals surface area (Å²) < 4.78 is 12.6. The summed E-state index contributed by atoms with van der Waals surface area (Å²) in [4.78, 5) is 0. The van der Waals surface area contributed by atoms with Gasteiger partial charge in [0.1, 0.15) is 0 Å². The van der Waals surface area contributed by atoms with Gasteiger partial charge < -0.3 is 0 Å². The highest BCUT2D eigenvalue weighted by molar-refractivity contribution is 7.32. The molecule has 48 heavy (non-hydrogen) atoms. The van der Waals surface area contributed by atoms with Crippen molar-refractivity contribution in [2.75, 3.05) is 0 Å². The van der Waals surface area contributed by atoms with Crippen molar-refractivity contribution in [1.82, 2.24) is 0 Å². The van der Waals surface area contributed by atoms with Crippen LogP contribution in [0.3, 0.4) is 0 Å². The fourth-order valence-corrected chi connectivity index (χ4v) is 15.6. The molecule has 13 rings (SSSR count). The van der Waals surface area contributed by atoms with Crippen LogP contribution in [0.2, 0.25) is 0 Å². The second-order valence-electron chi connectivity index (χ2n) is 12.6. The van der Waals surface area contributed by atoms with Gasteiger partial charge in [0.05, 0.1) is 28.2 Å². The molecule has 0 fully saturated rings. The van der Waals surface area contributed by atoms with E-state index in [1.807, 2.05) is 68.0 Å². The fourth-order valence-electron chi connectivity index (χ4n) is 8.71. The maximum absolute atomic E-state index is 2.42. The monoisotopic (exact) mass is 714 g/mol. The largest absolute Gasteiger partial charge is 0.142 e. The van der Waals surface area contributed by atoms with Crippen LogP contribution in [-0.4, -0.2) is 0 Å². The predicted octanol–water partition coefficient (Wildman–Crippen LogP) is 15.9. The summed E-state index contributed by atoms with van der Waals surface area (Å²) in [5.74, 6) is 0. The first-order valence-electron chi connectivity index (χ1n) is 15.9. The molecule has 6 aromatic heterocycles. The SMILES string of the molecule is c1ccc2c(c1)sc1c3sccc3c3c(c21)c1c2ccsc2c2sc4ccccc4c2c1c1c2ccsc2c2sc4ccccc4c2c31. The van der Waals surface area contributed by atoms with E-state index in [4.69, 9.17) is 0 Å². The molecule has 6 heteroatoms. The Kier molecular flexibility index (Phi) is 4.79. The minimum Gasteiger partial charge on any atom is -0.142 e. The van der Waals surface area contributed by atoms with Crippen molar-refractivity contribution >= 4 is 191 Å². The van der Waals surface area contributed by atoms with Gasteiger partial charge in [-0.1, -0.05) is 54.6 Å². The van der Waals surface area contributed by atoms with Crippen molar-refractivity contribution in [2.45, 2.75) is 0 Å². The molecule has 13 aromatic rings. The second-order valence-corrected chi connectivity index (χ2v) is 18.6. The molecule has 6 heterocycles. The standard InChI is InChI=1S/C42H18S6/c1-4-10-25-19(7-1)31-34-28(22-13-16-43-37(22)40(31)46-25)35-30(24-15-18-45-39(24)42-32(35)20-8-2-6-12-27(20)48-42)36-29(34)23-14-17-44-38(23)41-33(36)21-9-3-5-11-26(21)47-41/h1-18H. The van der Waals surface area contributed by atoms with Crippen LogP contribution in [0.15, 0.2) is 107 Å². The number of hydrogen-bond donors (Lipinski definition) is 0. The van der Waals surface area contributed by atoms with Gasteiger partial charge in [-0.2, -0.15) is 0 Å². The summed E-state index contributed by atoms with van der Waals surface area (Å²) in [6, 6.07) is 34.6. The molecule has 0 saturated carbocycles. The molecule has 0 saturated heterocycles. The Morgan fingerprint density at radius 1 is 0.250 bits per heavy atom. The molecule has 0 atom stereocenters. The zero-order valence-electron chi connectivity index (χ0n) is 24.8. The zero-order chi connectivity index (χ0) is 30.8. The zero-order valence-corrected chi connectivity index (χ0v) is 29.7. The lowest BCUT2D eigenvalue weighted by atomic mass is 9.85. The lowest BCUT2D eigenvalue weighted by molar-refractivity contribution is 1.87. The number of fused-ring (bicyclic) bond motifs is 27. The van der Waals surface area contributed by atoms with Crippen molar-refractivity contribution in [3.8, 4) is 0 Å². The van der Waals surface area contributed by atoms with E-state index in [2.05, 4.69) is 107 Å². The number of thiophene rings is 6. The summed E-state index contributed by atoms with van der Waals surface area (Å²) in [6.45, 7) is 0. The van der Waals surface area contributed by atoms with E-state index < -0.39 is 0 Å². The van der Waals surface area contributed by atoms with Gasteiger partial charge in [-0.3, -0.25) is 0 Å². The van der Waals surface area contributed by atoms with Crippen molar-refractivity contribution in [3.63, 3.8) is 0 Å². The third kappa shape index (κ3) is 2.91. The van der Waals surface area contributed by atoms with Crippen LogP contribution in [0.5, 0.6) is 0 Å². The Morgan fingerprint density at radius 2 is 0.562 bits per heavy atom. The van der Waals surface area contributed by atoms with Gasteiger partial charge >= 0.3 is 0 Å². The van der Waals surface area contributed by atoms with E-state index in [1.165, 1.54) is 123 Å². The van der Waals surface area contributed by atoms with Crippen LogP contribution in [0.4, 0.5) is 0 Å². The molecule has 7 aromatic carbocycles. The number of hydrogen-bond acceptors (Lipinski definition) is 6. The molecular weight excluding hydrogens is 697 g/mol. The van der Waals surface area contributed by atoms with E-state index in [9.17, 15) is 0 Å². The molecular formula is C42H18S6. The minimum atomic E-state index is 1.37. The van der Waals surface area contributed by atoms with Gasteiger partial charge in [0, 0.05) is 94.9 Å². The lowest BCUT2D eigenvalue weighted by Crippen LogP contribution is -1.89. The van der Waals surface area contributed by atoms with Gasteiger partial charge in [-0.05, 0) is 52.5 Å². The van der Waals surface area contributed by atoms with E-state index in [0.717, 1.165) is 0 Å². The fraction of sp³-hybridized carbons (Fsp3) is 0. The molecule has 0 amide bonds. The van der Waals surface area contributed by atoms with Crippen LogP contribution in [-0.2, 0) is 0 Å². The smallest absolute Gasteiger partial charge is 0.0540 e. The maximum atomic E-state index is 2.42. The first kappa shape index (κ1) is 25.8. The Hall–Kier alpha value is -4.14. The highest BCUT2D eigenvalue weighted by Crippen LogP contribution is 2.58. The molecule has 0 N–H and O–H groups in total. The van der Waals surface area contributed by atoms with Gasteiger partial charge in [-0.15, -0.1) is 68.0 Å². The predicted molar refractivity (Wildman–Crippen MR) is 224 cm³/mol. The lowest BCUT2D eigenvalue weighted by Gasteiger charge is -2.18. The van der Waals surface area contributed by atoms with Crippen molar-refractivity contribution in [2.24, 2.45) is 0 Å². The Balaban J connectivity index is 1.56. The molecule has 0 aliphatic rings. The average Bonchev–Trinajstić information content (AvgIpc) is 3.97. The molecule has 0 bridgehead atoms. The topological polar surface area (TPSA) is 0 Å². The van der Waals surface area contributed by atoms with Crippen LogP contribution in [0.25, 0.3) is 123 Å². The van der Waals surface area contributed by atoms with Crippen LogP contribution in [0.1, 0.15) is 0 Å². The van der Waals surface area contributed by atoms with Gasteiger partial charge in [0.2, 0.25) is 0 Å². The molecule has 0 unspecified atom stereocenters. The molecule has 222 valence electrons. The summed E-state index contributed by atoms with van der Waals surface area (Å²) in [5, 5.41) is 28.2. The van der Waals surface area contributed by atoms with Crippen molar-refractivity contribution in [3.05, 3.63) is 107 Å². The molecule has 0 radical (unpaired) electrons. The Bertz CT molecular complexity index is 3170. The third-order valence-corrected chi connectivity index (χ3v) is 17.2. The molecule has 0 nitrogen and oxygen atoms in total. The quantitative estimate of drug-likeness (QED) is 0.137. The Morgan fingerprint density at radius 3 is 0.896 bits per heavy atom. The van der Waals surface area contributed by atoms with E-state index in [-0.39, 0.29) is 0 Å². The van der Waals surface area contributed by atoms with Gasteiger partial charge in [0.25, 0.3) is 0 Å². The average molecular weight is 715 g/mol.